The first-order valence-corrected chi connectivity index (χ1v) is 10.4. The van der Waals surface area contributed by atoms with Crippen LogP contribution in [0.25, 0.3) is 0 Å². The summed E-state index contributed by atoms with van der Waals surface area (Å²) in [6.07, 6.45) is 5.17. The first kappa shape index (κ1) is 21.5. The Kier molecular flexibility index (Phi) is 6.48. The molecule has 3 aromatic rings. The highest BCUT2D eigenvalue weighted by atomic mass is 32.2. The summed E-state index contributed by atoms with van der Waals surface area (Å²) in [7, 11) is -0.897. The molecule has 2 heterocycles. The quantitative estimate of drug-likeness (QED) is 0.567. The average Bonchev–Trinajstić information content (AvgIpc) is 2.72. The molecule has 1 aromatic carbocycles. The van der Waals surface area contributed by atoms with Gasteiger partial charge in [-0.25, -0.2) is 14.1 Å². The fourth-order valence-corrected chi connectivity index (χ4v) is 3.18. The third-order valence-electron chi connectivity index (χ3n) is 4.36. The minimum atomic E-state index is -3.66. The molecule has 0 bridgehead atoms. The summed E-state index contributed by atoms with van der Waals surface area (Å²) in [6, 6.07) is 7.74. The van der Waals surface area contributed by atoms with Gasteiger partial charge in [0.15, 0.2) is 11.6 Å². The van der Waals surface area contributed by atoms with Gasteiger partial charge in [0.05, 0.1) is 13.3 Å². The van der Waals surface area contributed by atoms with Crippen LogP contribution in [0.4, 0.5) is 10.2 Å². The molecule has 8 nitrogen and oxygen atoms in total. The summed E-state index contributed by atoms with van der Waals surface area (Å²) in [6.45, 7) is 1.85. The van der Waals surface area contributed by atoms with Crippen LogP contribution in [0.3, 0.4) is 0 Å². The zero-order valence-corrected chi connectivity index (χ0v) is 17.5. The predicted molar refractivity (Wildman–Crippen MR) is 111 cm³/mol. The van der Waals surface area contributed by atoms with E-state index in [0.717, 1.165) is 16.7 Å². The van der Waals surface area contributed by atoms with Crippen molar-refractivity contribution in [3.05, 3.63) is 71.4 Å². The van der Waals surface area contributed by atoms with Gasteiger partial charge in [-0.2, -0.15) is 8.42 Å². The normalized spacial score (nSPS) is 11.2. The van der Waals surface area contributed by atoms with E-state index in [0.29, 0.717) is 17.9 Å². The van der Waals surface area contributed by atoms with Gasteiger partial charge in [-0.3, -0.25) is 9.71 Å². The Balaban J connectivity index is 1.82. The van der Waals surface area contributed by atoms with Gasteiger partial charge in [-0.1, -0.05) is 0 Å². The van der Waals surface area contributed by atoms with E-state index in [-0.39, 0.29) is 11.6 Å². The number of methoxy groups -OCH3 is 1. The van der Waals surface area contributed by atoms with Crippen LogP contribution in [-0.4, -0.2) is 32.5 Å². The smallest absolute Gasteiger partial charge is 0.300 e. The van der Waals surface area contributed by atoms with Crippen molar-refractivity contribution in [3.8, 4) is 17.2 Å². The van der Waals surface area contributed by atoms with E-state index in [2.05, 4.69) is 19.4 Å². The Labute approximate surface area is 174 Å². The van der Waals surface area contributed by atoms with Crippen molar-refractivity contribution >= 4 is 16.0 Å². The number of aromatic nitrogens is 2. The van der Waals surface area contributed by atoms with Gasteiger partial charge in [0, 0.05) is 25.5 Å². The van der Waals surface area contributed by atoms with Gasteiger partial charge < -0.3 is 9.47 Å². The number of rotatable bonds is 8. The van der Waals surface area contributed by atoms with Gasteiger partial charge in [0.25, 0.3) is 10.2 Å². The van der Waals surface area contributed by atoms with E-state index in [4.69, 9.17) is 9.47 Å². The van der Waals surface area contributed by atoms with Crippen LogP contribution < -0.4 is 18.9 Å². The highest BCUT2D eigenvalue weighted by Gasteiger charge is 2.13. The molecule has 30 heavy (non-hydrogen) atoms. The minimum absolute atomic E-state index is 0.0607. The zero-order valence-electron chi connectivity index (χ0n) is 16.6. The zero-order chi connectivity index (χ0) is 21.7. The van der Waals surface area contributed by atoms with E-state index in [1.54, 1.807) is 24.4 Å². The third-order valence-corrected chi connectivity index (χ3v) is 5.37. The van der Waals surface area contributed by atoms with Crippen LogP contribution in [0.2, 0.25) is 0 Å². The van der Waals surface area contributed by atoms with Crippen molar-refractivity contribution < 1.29 is 22.3 Å². The number of nitrogens with zero attached hydrogens (tertiary/aromatic N) is 2. The maximum absolute atomic E-state index is 14.2. The average molecular weight is 432 g/mol. The lowest BCUT2D eigenvalue weighted by Crippen LogP contribution is -2.26. The summed E-state index contributed by atoms with van der Waals surface area (Å²) >= 11 is 0. The lowest BCUT2D eigenvalue weighted by Gasteiger charge is -2.13. The monoisotopic (exact) mass is 432 g/mol. The molecular weight excluding hydrogens is 411 g/mol. The fraction of sp³-hybridized carbons (Fsp3) is 0.200. The van der Waals surface area contributed by atoms with Crippen LogP contribution in [0, 0.1) is 12.7 Å². The van der Waals surface area contributed by atoms with Crippen molar-refractivity contribution in [2.75, 3.05) is 18.9 Å². The molecule has 0 fully saturated rings. The number of ether oxygens (including phenoxy) is 2. The first-order valence-electron chi connectivity index (χ1n) is 8.92. The molecule has 0 unspecified atom stereocenters. The second kappa shape index (κ2) is 9.06. The second-order valence-electron chi connectivity index (χ2n) is 6.36. The number of halogens is 1. The minimum Gasteiger partial charge on any atom is -0.497 e. The highest BCUT2D eigenvalue weighted by Crippen LogP contribution is 2.30. The Morgan fingerprint density at radius 1 is 1.13 bits per heavy atom. The van der Waals surface area contributed by atoms with Gasteiger partial charge in [-0.05, 0) is 54.3 Å². The molecule has 0 aliphatic carbocycles. The first-order chi connectivity index (χ1) is 14.3. The van der Waals surface area contributed by atoms with Crippen LogP contribution in [0.1, 0.15) is 16.7 Å². The van der Waals surface area contributed by atoms with Crippen LogP contribution in [-0.2, 0) is 16.6 Å². The van der Waals surface area contributed by atoms with Crippen LogP contribution >= 0.6 is 0 Å². The molecular formula is C20H21FN4O4S. The molecule has 0 aliphatic heterocycles. The molecule has 10 heteroatoms. The summed E-state index contributed by atoms with van der Waals surface area (Å²) in [5, 5.41) is 0. The number of pyridine rings is 2. The topological polar surface area (TPSA) is 102 Å². The van der Waals surface area contributed by atoms with E-state index in [1.807, 2.05) is 6.92 Å². The van der Waals surface area contributed by atoms with Crippen molar-refractivity contribution in [2.45, 2.75) is 13.3 Å². The summed E-state index contributed by atoms with van der Waals surface area (Å²) in [5.41, 5.74) is 2.45. The lowest BCUT2D eigenvalue weighted by atomic mass is 10.0. The van der Waals surface area contributed by atoms with Crippen molar-refractivity contribution in [3.63, 3.8) is 0 Å². The SMILES string of the molecule is CNS(=O)(=O)Nc1cc(Cc2cncc(Oc3ccc(OC)cc3F)c2C)ccn1. The van der Waals surface area contributed by atoms with Gasteiger partial charge in [0.2, 0.25) is 0 Å². The Bertz CT molecular complexity index is 1160. The van der Waals surface area contributed by atoms with Gasteiger partial charge in [0.1, 0.15) is 17.3 Å². The maximum atomic E-state index is 14.2. The third kappa shape index (κ3) is 5.22. The molecule has 0 spiro atoms. The largest absolute Gasteiger partial charge is 0.497 e. The molecule has 0 aliphatic rings. The summed E-state index contributed by atoms with van der Waals surface area (Å²) in [5.74, 6) is 0.521. The van der Waals surface area contributed by atoms with E-state index >= 15 is 0 Å². The molecule has 158 valence electrons. The molecule has 2 aromatic heterocycles. The van der Waals surface area contributed by atoms with Crippen LogP contribution in [0.15, 0.2) is 48.9 Å². The molecule has 0 amide bonds. The Hall–Kier alpha value is -3.24. The Morgan fingerprint density at radius 3 is 2.63 bits per heavy atom. The number of benzene rings is 1. The second-order valence-corrected chi connectivity index (χ2v) is 7.98. The molecule has 0 radical (unpaired) electrons. The maximum Gasteiger partial charge on any atom is 0.300 e. The number of hydrogen-bond acceptors (Lipinski definition) is 6. The summed E-state index contributed by atoms with van der Waals surface area (Å²) < 4.78 is 52.7. The molecule has 3 rings (SSSR count). The fourth-order valence-electron chi connectivity index (χ4n) is 2.69. The lowest BCUT2D eigenvalue weighted by molar-refractivity contribution is 0.401. The van der Waals surface area contributed by atoms with E-state index in [1.165, 1.54) is 38.7 Å². The molecule has 0 atom stereocenters. The number of nitrogens with one attached hydrogen (secondary N) is 2. The molecule has 0 saturated heterocycles. The summed E-state index contributed by atoms with van der Waals surface area (Å²) in [4.78, 5) is 8.20. The van der Waals surface area contributed by atoms with E-state index < -0.39 is 16.0 Å². The predicted octanol–water partition coefficient (Wildman–Crippen LogP) is 3.19. The van der Waals surface area contributed by atoms with E-state index in [9.17, 15) is 12.8 Å². The van der Waals surface area contributed by atoms with Crippen molar-refractivity contribution in [1.29, 1.82) is 0 Å². The highest BCUT2D eigenvalue weighted by molar-refractivity contribution is 7.90. The number of anilines is 1. The van der Waals surface area contributed by atoms with Crippen molar-refractivity contribution in [1.82, 2.24) is 14.7 Å². The molecule has 0 saturated carbocycles. The Morgan fingerprint density at radius 2 is 1.93 bits per heavy atom. The standard InChI is InChI=1S/C20H21FN4O4S/c1-13-15(8-14-6-7-24-20(9-14)25-30(26,27)22-2)11-23-12-19(13)29-18-5-4-16(28-3)10-17(18)21/h4-7,9-12,22H,8H2,1-3H3,(H,24,25). The molecule has 2 N–H and O–H groups in total. The van der Waals surface area contributed by atoms with Crippen molar-refractivity contribution in [2.24, 2.45) is 0 Å². The van der Waals surface area contributed by atoms with Crippen LogP contribution in [0.5, 0.6) is 17.2 Å². The van der Waals surface area contributed by atoms with Gasteiger partial charge >= 0.3 is 0 Å². The van der Waals surface area contributed by atoms with Gasteiger partial charge in [-0.15, -0.1) is 0 Å². The number of hydrogen-bond donors (Lipinski definition) is 2.